The molecule has 0 saturated heterocycles. The fourth-order valence-electron chi connectivity index (χ4n) is 4.69. The van der Waals surface area contributed by atoms with Gasteiger partial charge in [0.05, 0.1) is 6.20 Å². The fraction of sp³-hybridized carbons (Fsp3) is 0.192. The summed E-state index contributed by atoms with van der Waals surface area (Å²) >= 11 is 0. The molecule has 1 aliphatic heterocycles. The number of anilines is 1. The van der Waals surface area contributed by atoms with Crippen LogP contribution in [0.3, 0.4) is 0 Å². The molecule has 0 saturated carbocycles. The summed E-state index contributed by atoms with van der Waals surface area (Å²) in [4.78, 5) is 2.45. The van der Waals surface area contributed by atoms with Gasteiger partial charge in [0.25, 0.3) is 0 Å². The molecule has 6 nitrogen and oxygen atoms in total. The van der Waals surface area contributed by atoms with Crippen molar-refractivity contribution >= 4 is 15.7 Å². The van der Waals surface area contributed by atoms with Crippen LogP contribution in [0.4, 0.5) is 5.82 Å². The second-order valence-electron chi connectivity index (χ2n) is 8.34. The van der Waals surface area contributed by atoms with E-state index in [1.807, 2.05) is 108 Å². The van der Waals surface area contributed by atoms with Crippen molar-refractivity contribution in [1.82, 2.24) is 14.5 Å². The minimum atomic E-state index is -3.47. The Bertz CT molecular complexity index is 1240. The Morgan fingerprint density at radius 2 is 1.33 bits per heavy atom. The van der Waals surface area contributed by atoms with E-state index in [0.717, 1.165) is 42.0 Å². The molecule has 2 N–H and O–H groups in total. The van der Waals surface area contributed by atoms with Gasteiger partial charge in [-0.3, -0.25) is 0 Å². The summed E-state index contributed by atoms with van der Waals surface area (Å²) in [5.74, 6) is 0.747. The van der Waals surface area contributed by atoms with Gasteiger partial charge in [0.1, 0.15) is 26.2 Å². The number of hydrogen-bond donors (Lipinski definition) is 2. The van der Waals surface area contributed by atoms with Gasteiger partial charge >= 0.3 is 0 Å². The van der Waals surface area contributed by atoms with Gasteiger partial charge in [-0.1, -0.05) is 91.0 Å². The predicted octanol–water partition coefficient (Wildman–Crippen LogP) is 4.63. The van der Waals surface area contributed by atoms with Crippen molar-refractivity contribution in [3.63, 3.8) is 0 Å². The maximum atomic E-state index is 14.3. The van der Waals surface area contributed by atoms with Gasteiger partial charge in [-0.15, -0.1) is 0 Å². The first-order chi connectivity index (χ1) is 16.0. The molecule has 1 aliphatic rings. The number of rotatable bonds is 6. The molecule has 0 radical (unpaired) electrons. The molecule has 0 spiro atoms. The van der Waals surface area contributed by atoms with E-state index >= 15 is 0 Å². The Balaban J connectivity index is 1.75. The van der Waals surface area contributed by atoms with Crippen LogP contribution in [0.25, 0.3) is 0 Å². The molecule has 0 amide bonds. The molecule has 0 bridgehead atoms. The molecule has 0 fully saturated rings. The van der Waals surface area contributed by atoms with Crippen LogP contribution in [-0.2, 0) is 22.0 Å². The summed E-state index contributed by atoms with van der Waals surface area (Å²) in [7, 11) is -1.51. The lowest BCUT2D eigenvalue weighted by molar-refractivity contribution is 0.529. The van der Waals surface area contributed by atoms with Crippen LogP contribution in [-0.4, -0.2) is 27.6 Å². The number of benzene rings is 3. The lowest BCUT2D eigenvalue weighted by Gasteiger charge is -2.37. The number of aryl methyl sites for hydroxylation is 1. The molecule has 168 valence electrons. The SMILES string of the molecule is CN1CCCn2ncc(S(=N)(=O)NC(c3ccccc3)(c3ccccc3)c3ccccc3)c21. The molecule has 7 heteroatoms. The molecule has 3 aromatic carbocycles. The number of aromatic nitrogens is 2. The van der Waals surface area contributed by atoms with Crippen molar-refractivity contribution < 1.29 is 4.21 Å². The van der Waals surface area contributed by atoms with E-state index in [1.54, 1.807) is 6.20 Å². The van der Waals surface area contributed by atoms with Gasteiger partial charge in [0.15, 0.2) is 0 Å². The normalized spacial score (nSPS) is 15.6. The van der Waals surface area contributed by atoms with E-state index in [0.29, 0.717) is 4.90 Å². The van der Waals surface area contributed by atoms with E-state index in [-0.39, 0.29) is 0 Å². The van der Waals surface area contributed by atoms with E-state index < -0.39 is 15.5 Å². The summed E-state index contributed by atoms with van der Waals surface area (Å²) in [5, 5.41) is 4.46. The minimum Gasteiger partial charge on any atom is -0.359 e. The first-order valence-electron chi connectivity index (χ1n) is 11.0. The van der Waals surface area contributed by atoms with Crippen molar-refractivity contribution in [2.24, 2.45) is 0 Å². The van der Waals surface area contributed by atoms with Crippen LogP contribution in [0.15, 0.2) is 102 Å². The molecule has 4 aromatic rings. The second kappa shape index (κ2) is 8.50. The highest BCUT2D eigenvalue weighted by molar-refractivity contribution is 7.90. The molecule has 1 aromatic heterocycles. The number of hydrogen-bond acceptors (Lipinski definition) is 4. The standard InChI is InChI=1S/C26H27N5OS/c1-30-18-11-19-31-25(30)24(20-28-31)33(27,32)29-26(21-12-5-2-6-13-21,22-14-7-3-8-15-22)23-16-9-4-10-17-23/h2-10,12-17,20H,11,18-19H2,1H3,(H2,27,29,32). The number of fused-ring (bicyclic) bond motifs is 1. The van der Waals surface area contributed by atoms with Crippen LogP contribution in [0.5, 0.6) is 0 Å². The summed E-state index contributed by atoms with van der Waals surface area (Å²) in [6.45, 7) is 1.60. The highest BCUT2D eigenvalue weighted by atomic mass is 32.2. The van der Waals surface area contributed by atoms with Gasteiger partial charge in [-0.25, -0.2) is 18.4 Å². The van der Waals surface area contributed by atoms with E-state index in [2.05, 4.69) is 9.82 Å². The Kier molecular flexibility index (Phi) is 5.52. The van der Waals surface area contributed by atoms with Crippen LogP contribution in [0.1, 0.15) is 23.1 Å². The van der Waals surface area contributed by atoms with Crippen molar-refractivity contribution in [2.45, 2.75) is 23.4 Å². The number of nitrogens with zero attached hydrogens (tertiary/aromatic N) is 3. The zero-order chi connectivity index (χ0) is 22.9. The average Bonchev–Trinajstić information content (AvgIpc) is 3.31. The third-order valence-corrected chi connectivity index (χ3v) is 7.73. The Labute approximate surface area is 195 Å². The van der Waals surface area contributed by atoms with Crippen LogP contribution >= 0.6 is 0 Å². The van der Waals surface area contributed by atoms with Gasteiger partial charge in [0, 0.05) is 20.1 Å². The zero-order valence-corrected chi connectivity index (χ0v) is 19.3. The Morgan fingerprint density at radius 1 is 0.848 bits per heavy atom. The molecule has 1 unspecified atom stereocenters. The molecular formula is C26H27N5OS. The summed E-state index contributed by atoms with van der Waals surface area (Å²) in [6.07, 6.45) is 2.56. The first kappa shape index (κ1) is 21.4. The van der Waals surface area contributed by atoms with Gasteiger partial charge in [-0.2, -0.15) is 5.10 Å². The van der Waals surface area contributed by atoms with E-state index in [1.165, 1.54) is 0 Å². The van der Waals surface area contributed by atoms with Crippen LogP contribution in [0.2, 0.25) is 0 Å². The molecule has 5 rings (SSSR count). The summed E-state index contributed by atoms with van der Waals surface area (Å²) in [6, 6.07) is 29.8. The van der Waals surface area contributed by atoms with E-state index in [4.69, 9.17) is 4.78 Å². The van der Waals surface area contributed by atoms with Gasteiger partial charge < -0.3 is 4.90 Å². The topological polar surface area (TPSA) is 74.0 Å². The van der Waals surface area contributed by atoms with Crippen molar-refractivity contribution in [3.05, 3.63) is 114 Å². The van der Waals surface area contributed by atoms with Crippen LogP contribution < -0.4 is 9.62 Å². The highest BCUT2D eigenvalue weighted by Crippen LogP contribution is 2.39. The van der Waals surface area contributed by atoms with E-state index in [9.17, 15) is 4.21 Å². The Morgan fingerprint density at radius 3 is 1.82 bits per heavy atom. The Hall–Kier alpha value is -3.42. The predicted molar refractivity (Wildman–Crippen MR) is 132 cm³/mol. The molecule has 0 aliphatic carbocycles. The monoisotopic (exact) mass is 457 g/mol. The molecular weight excluding hydrogens is 430 g/mol. The third-order valence-electron chi connectivity index (χ3n) is 6.23. The quantitative estimate of drug-likeness (QED) is 0.415. The lowest BCUT2D eigenvalue weighted by atomic mass is 9.78. The average molecular weight is 458 g/mol. The maximum absolute atomic E-state index is 14.3. The summed E-state index contributed by atoms with van der Waals surface area (Å²) in [5.41, 5.74) is 1.75. The van der Waals surface area contributed by atoms with Crippen molar-refractivity contribution in [1.29, 1.82) is 4.78 Å². The highest BCUT2D eigenvalue weighted by Gasteiger charge is 2.40. The number of nitrogens with one attached hydrogen (secondary N) is 2. The minimum absolute atomic E-state index is 0.414. The zero-order valence-electron chi connectivity index (χ0n) is 18.5. The third kappa shape index (κ3) is 3.73. The molecule has 33 heavy (non-hydrogen) atoms. The smallest absolute Gasteiger partial charge is 0.145 e. The fourth-order valence-corrected chi connectivity index (χ4v) is 6.30. The summed E-state index contributed by atoms with van der Waals surface area (Å²) < 4.78 is 28.6. The van der Waals surface area contributed by atoms with Crippen LogP contribution in [0, 0.1) is 4.78 Å². The molecule has 1 atom stereocenters. The van der Waals surface area contributed by atoms with Gasteiger partial charge in [0.2, 0.25) is 0 Å². The van der Waals surface area contributed by atoms with Crippen molar-refractivity contribution in [2.75, 3.05) is 18.5 Å². The maximum Gasteiger partial charge on any atom is 0.145 e. The lowest BCUT2D eigenvalue weighted by Crippen LogP contribution is -2.47. The first-order valence-corrected chi connectivity index (χ1v) is 12.6. The largest absolute Gasteiger partial charge is 0.359 e. The second-order valence-corrected chi connectivity index (χ2v) is 10.1. The van der Waals surface area contributed by atoms with Gasteiger partial charge in [-0.05, 0) is 23.1 Å². The molecule has 2 heterocycles. The van der Waals surface area contributed by atoms with Crippen molar-refractivity contribution in [3.8, 4) is 0 Å².